The molecule has 5 nitrogen and oxygen atoms in total. The van der Waals surface area contributed by atoms with E-state index in [1.54, 1.807) is 6.20 Å². The van der Waals surface area contributed by atoms with E-state index in [1.807, 2.05) is 80.6 Å². The lowest BCUT2D eigenvalue weighted by Crippen LogP contribution is -2.30. The molecule has 3 aromatic rings. The SMILES string of the molecule is CCOc1ccc(Oc2cc(CNC(=O)C(C)Sc3ccccc3)ccn2)cc1. The number of thioether (sulfide) groups is 1. The van der Waals surface area contributed by atoms with Crippen LogP contribution in [0.5, 0.6) is 17.4 Å². The van der Waals surface area contributed by atoms with Crippen molar-refractivity contribution in [2.24, 2.45) is 0 Å². The van der Waals surface area contributed by atoms with Gasteiger partial charge < -0.3 is 14.8 Å². The minimum atomic E-state index is -0.182. The van der Waals surface area contributed by atoms with Gasteiger partial charge in [-0.2, -0.15) is 0 Å². The van der Waals surface area contributed by atoms with E-state index >= 15 is 0 Å². The monoisotopic (exact) mass is 408 g/mol. The summed E-state index contributed by atoms with van der Waals surface area (Å²) in [5.74, 6) is 1.94. The summed E-state index contributed by atoms with van der Waals surface area (Å²) in [6, 6.07) is 21.0. The highest BCUT2D eigenvalue weighted by molar-refractivity contribution is 8.00. The molecule has 1 atom stereocenters. The van der Waals surface area contributed by atoms with Crippen LogP contribution >= 0.6 is 11.8 Å². The number of amides is 1. The number of ether oxygens (including phenoxy) is 2. The van der Waals surface area contributed by atoms with Crippen LogP contribution in [0.3, 0.4) is 0 Å². The van der Waals surface area contributed by atoms with Crippen LogP contribution in [0.15, 0.2) is 77.8 Å². The molecule has 2 aromatic carbocycles. The molecule has 0 aliphatic rings. The van der Waals surface area contributed by atoms with E-state index < -0.39 is 0 Å². The van der Waals surface area contributed by atoms with Gasteiger partial charge in [-0.15, -0.1) is 11.8 Å². The fourth-order valence-corrected chi connectivity index (χ4v) is 3.51. The second-order valence-electron chi connectivity index (χ2n) is 6.30. The Balaban J connectivity index is 1.53. The normalized spacial score (nSPS) is 11.5. The Kier molecular flexibility index (Phi) is 7.53. The number of hydrogen-bond donors (Lipinski definition) is 1. The van der Waals surface area contributed by atoms with Gasteiger partial charge in [-0.1, -0.05) is 18.2 Å². The van der Waals surface area contributed by atoms with Gasteiger partial charge in [-0.3, -0.25) is 4.79 Å². The zero-order valence-corrected chi connectivity index (χ0v) is 17.3. The molecule has 29 heavy (non-hydrogen) atoms. The average Bonchev–Trinajstić information content (AvgIpc) is 2.74. The van der Waals surface area contributed by atoms with Crippen molar-refractivity contribution in [2.45, 2.75) is 30.5 Å². The molecule has 150 valence electrons. The molecule has 3 rings (SSSR count). The Morgan fingerprint density at radius 3 is 2.52 bits per heavy atom. The summed E-state index contributed by atoms with van der Waals surface area (Å²) < 4.78 is 11.2. The van der Waals surface area contributed by atoms with E-state index in [-0.39, 0.29) is 11.2 Å². The van der Waals surface area contributed by atoms with Gasteiger partial charge in [0.1, 0.15) is 11.5 Å². The first kappa shape index (κ1) is 20.7. The van der Waals surface area contributed by atoms with Crippen molar-refractivity contribution in [2.75, 3.05) is 6.61 Å². The molecular weight excluding hydrogens is 384 g/mol. The Bertz CT molecular complexity index is 917. The molecule has 1 unspecified atom stereocenters. The summed E-state index contributed by atoms with van der Waals surface area (Å²) in [6.07, 6.45) is 1.67. The van der Waals surface area contributed by atoms with Crippen LogP contribution in [0.2, 0.25) is 0 Å². The summed E-state index contributed by atoms with van der Waals surface area (Å²) in [6.45, 7) is 4.89. The van der Waals surface area contributed by atoms with Crippen LogP contribution in [-0.2, 0) is 11.3 Å². The third-order valence-electron chi connectivity index (χ3n) is 4.05. The van der Waals surface area contributed by atoms with Gasteiger partial charge >= 0.3 is 0 Å². The molecule has 1 amide bonds. The fourth-order valence-electron chi connectivity index (χ4n) is 2.60. The lowest BCUT2D eigenvalue weighted by Gasteiger charge is -2.12. The minimum absolute atomic E-state index is 0.00959. The molecule has 0 spiro atoms. The molecule has 0 aliphatic heterocycles. The highest BCUT2D eigenvalue weighted by atomic mass is 32.2. The largest absolute Gasteiger partial charge is 0.494 e. The smallest absolute Gasteiger partial charge is 0.233 e. The van der Waals surface area contributed by atoms with Crippen molar-refractivity contribution in [1.82, 2.24) is 10.3 Å². The number of pyridine rings is 1. The minimum Gasteiger partial charge on any atom is -0.494 e. The number of nitrogens with zero attached hydrogens (tertiary/aromatic N) is 1. The number of aromatic nitrogens is 1. The molecule has 0 radical (unpaired) electrons. The zero-order chi connectivity index (χ0) is 20.5. The zero-order valence-electron chi connectivity index (χ0n) is 16.5. The van der Waals surface area contributed by atoms with Gasteiger partial charge in [-0.25, -0.2) is 4.98 Å². The number of carbonyl (C=O) groups excluding carboxylic acids is 1. The second kappa shape index (κ2) is 10.5. The van der Waals surface area contributed by atoms with Gasteiger partial charge in [0.2, 0.25) is 11.8 Å². The molecule has 6 heteroatoms. The summed E-state index contributed by atoms with van der Waals surface area (Å²) in [5.41, 5.74) is 0.922. The van der Waals surface area contributed by atoms with Crippen LogP contribution in [0.4, 0.5) is 0 Å². The van der Waals surface area contributed by atoms with Crippen LogP contribution in [0.25, 0.3) is 0 Å². The molecule has 0 saturated heterocycles. The summed E-state index contributed by atoms with van der Waals surface area (Å²) >= 11 is 1.54. The van der Waals surface area contributed by atoms with Crippen molar-refractivity contribution < 1.29 is 14.3 Å². The Labute approximate surface area is 175 Å². The van der Waals surface area contributed by atoms with E-state index in [9.17, 15) is 4.79 Å². The highest BCUT2D eigenvalue weighted by Gasteiger charge is 2.14. The molecule has 0 fully saturated rings. The van der Waals surface area contributed by atoms with Gasteiger partial charge in [-0.05, 0) is 61.9 Å². The lowest BCUT2D eigenvalue weighted by atomic mass is 10.2. The topological polar surface area (TPSA) is 60.5 Å². The van der Waals surface area contributed by atoms with Crippen LogP contribution in [-0.4, -0.2) is 22.7 Å². The van der Waals surface area contributed by atoms with E-state index in [1.165, 1.54) is 11.8 Å². The van der Waals surface area contributed by atoms with Crippen molar-refractivity contribution in [3.05, 3.63) is 78.5 Å². The predicted octanol–water partition coefficient (Wildman–Crippen LogP) is 5.07. The summed E-state index contributed by atoms with van der Waals surface area (Å²) in [7, 11) is 0. The molecule has 0 saturated carbocycles. The lowest BCUT2D eigenvalue weighted by molar-refractivity contribution is -0.120. The van der Waals surface area contributed by atoms with Gasteiger partial charge in [0.05, 0.1) is 11.9 Å². The standard InChI is InChI=1S/C23H24N2O3S/c1-3-27-19-9-11-20(12-10-19)28-22-15-18(13-14-24-22)16-25-23(26)17(2)29-21-7-5-4-6-8-21/h4-15,17H,3,16H2,1-2H3,(H,25,26). The number of benzene rings is 2. The van der Waals surface area contributed by atoms with E-state index in [2.05, 4.69) is 10.3 Å². The Morgan fingerprint density at radius 2 is 1.79 bits per heavy atom. The third-order valence-corrected chi connectivity index (χ3v) is 5.16. The van der Waals surface area contributed by atoms with E-state index in [0.29, 0.717) is 24.8 Å². The van der Waals surface area contributed by atoms with Crippen molar-refractivity contribution in [3.63, 3.8) is 0 Å². The molecule has 0 aliphatic carbocycles. The maximum Gasteiger partial charge on any atom is 0.233 e. The van der Waals surface area contributed by atoms with Crippen molar-refractivity contribution in [1.29, 1.82) is 0 Å². The summed E-state index contributed by atoms with van der Waals surface area (Å²) in [5, 5.41) is 2.79. The van der Waals surface area contributed by atoms with Gasteiger partial charge in [0.25, 0.3) is 0 Å². The van der Waals surface area contributed by atoms with Gasteiger partial charge in [0, 0.05) is 23.7 Å². The molecule has 1 aromatic heterocycles. The molecule has 1 heterocycles. The molecule has 1 N–H and O–H groups in total. The predicted molar refractivity (Wildman–Crippen MR) is 116 cm³/mol. The quantitative estimate of drug-likeness (QED) is 0.501. The first-order valence-corrected chi connectivity index (χ1v) is 10.4. The van der Waals surface area contributed by atoms with Crippen LogP contribution in [0, 0.1) is 0 Å². The maximum absolute atomic E-state index is 12.4. The molecular formula is C23H24N2O3S. The number of rotatable bonds is 9. The third kappa shape index (κ3) is 6.54. The Morgan fingerprint density at radius 1 is 1.07 bits per heavy atom. The van der Waals surface area contributed by atoms with Gasteiger partial charge in [0.15, 0.2) is 0 Å². The first-order chi connectivity index (χ1) is 14.1. The number of hydrogen-bond acceptors (Lipinski definition) is 5. The fraction of sp³-hybridized carbons (Fsp3) is 0.217. The number of carbonyl (C=O) groups is 1. The van der Waals surface area contributed by atoms with E-state index in [4.69, 9.17) is 9.47 Å². The van der Waals surface area contributed by atoms with Crippen LogP contribution in [0.1, 0.15) is 19.4 Å². The highest BCUT2D eigenvalue weighted by Crippen LogP contribution is 2.24. The average molecular weight is 409 g/mol. The van der Waals surface area contributed by atoms with Crippen LogP contribution < -0.4 is 14.8 Å². The van der Waals surface area contributed by atoms with Crippen molar-refractivity contribution >= 4 is 17.7 Å². The second-order valence-corrected chi connectivity index (χ2v) is 7.71. The van der Waals surface area contributed by atoms with E-state index in [0.717, 1.165) is 16.2 Å². The first-order valence-electron chi connectivity index (χ1n) is 9.49. The number of nitrogens with one attached hydrogen (secondary N) is 1. The maximum atomic E-state index is 12.4. The van der Waals surface area contributed by atoms with Crippen molar-refractivity contribution in [3.8, 4) is 17.4 Å². The Hall–Kier alpha value is -2.99. The summed E-state index contributed by atoms with van der Waals surface area (Å²) in [4.78, 5) is 17.7. The molecule has 0 bridgehead atoms.